The molecule has 0 aliphatic carbocycles. The predicted molar refractivity (Wildman–Crippen MR) is 102 cm³/mol. The highest BCUT2D eigenvalue weighted by Gasteiger charge is 2.01. The highest BCUT2D eigenvalue weighted by atomic mass is 16.5. The molecule has 0 spiro atoms. The molecule has 0 heterocycles. The molecule has 0 aromatic heterocycles. The Hall–Kier alpha value is -1.59. The molecule has 0 aliphatic rings. The van der Waals surface area contributed by atoms with E-state index in [2.05, 4.69) is 58.8 Å². The molecule has 5 nitrogen and oxygen atoms in total. The molecule has 0 unspecified atom stereocenters. The Morgan fingerprint density at radius 3 is 2.67 bits per heavy atom. The third-order valence-electron chi connectivity index (χ3n) is 3.88. The third-order valence-corrected chi connectivity index (χ3v) is 3.88. The van der Waals surface area contributed by atoms with Crippen molar-refractivity contribution in [3.05, 3.63) is 35.4 Å². The first-order valence-electron chi connectivity index (χ1n) is 8.98. The third kappa shape index (κ3) is 8.89. The summed E-state index contributed by atoms with van der Waals surface area (Å²) < 4.78 is 5.34. The molecule has 1 aromatic carbocycles. The van der Waals surface area contributed by atoms with Gasteiger partial charge >= 0.3 is 0 Å². The molecule has 1 rings (SSSR count). The van der Waals surface area contributed by atoms with Gasteiger partial charge in [0.15, 0.2) is 5.96 Å². The number of unbranched alkanes of at least 4 members (excludes halogenated alkanes) is 1. The number of ether oxygens (including phenoxy) is 1. The second kappa shape index (κ2) is 12.8. The summed E-state index contributed by atoms with van der Waals surface area (Å²) in [4.78, 5) is 6.58. The Balaban J connectivity index is 2.33. The molecule has 5 heteroatoms. The van der Waals surface area contributed by atoms with E-state index in [1.165, 1.54) is 11.1 Å². The van der Waals surface area contributed by atoms with E-state index < -0.39 is 0 Å². The van der Waals surface area contributed by atoms with Crippen LogP contribution in [0.2, 0.25) is 0 Å². The molecule has 0 aliphatic heterocycles. The summed E-state index contributed by atoms with van der Waals surface area (Å²) in [6, 6.07) is 8.72. The van der Waals surface area contributed by atoms with Gasteiger partial charge in [0.25, 0.3) is 0 Å². The minimum atomic E-state index is 0.780. The van der Waals surface area contributed by atoms with E-state index in [4.69, 9.17) is 4.74 Å². The highest BCUT2D eigenvalue weighted by molar-refractivity contribution is 5.79. The van der Waals surface area contributed by atoms with Gasteiger partial charge in [0, 0.05) is 39.9 Å². The summed E-state index contributed by atoms with van der Waals surface area (Å²) in [6.45, 7) is 9.57. The van der Waals surface area contributed by atoms with E-state index in [0.717, 1.165) is 58.2 Å². The predicted octanol–water partition coefficient (Wildman–Crippen LogP) is 2.62. The minimum Gasteiger partial charge on any atom is -0.382 e. The summed E-state index contributed by atoms with van der Waals surface area (Å²) >= 11 is 0. The van der Waals surface area contributed by atoms with Gasteiger partial charge in [-0.25, -0.2) is 0 Å². The van der Waals surface area contributed by atoms with Gasteiger partial charge in [0.1, 0.15) is 0 Å². The fourth-order valence-electron chi connectivity index (χ4n) is 2.35. The average molecular weight is 335 g/mol. The van der Waals surface area contributed by atoms with Crippen LogP contribution in [0.15, 0.2) is 29.3 Å². The number of rotatable bonds is 11. The van der Waals surface area contributed by atoms with Crippen LogP contribution in [-0.2, 0) is 17.8 Å². The number of hydrogen-bond acceptors (Lipinski definition) is 3. The van der Waals surface area contributed by atoms with E-state index >= 15 is 0 Å². The Labute approximate surface area is 147 Å². The molecule has 1 aromatic rings. The zero-order valence-corrected chi connectivity index (χ0v) is 15.8. The van der Waals surface area contributed by atoms with Gasteiger partial charge in [-0.15, -0.1) is 0 Å². The molecule has 0 bridgehead atoms. The minimum absolute atomic E-state index is 0.780. The van der Waals surface area contributed by atoms with Crippen molar-refractivity contribution in [3.8, 4) is 0 Å². The molecule has 0 saturated carbocycles. The van der Waals surface area contributed by atoms with Crippen LogP contribution in [0.25, 0.3) is 0 Å². The van der Waals surface area contributed by atoms with Crippen molar-refractivity contribution in [2.45, 2.75) is 39.8 Å². The van der Waals surface area contributed by atoms with E-state index in [1.807, 2.05) is 14.0 Å². The number of nitrogens with one attached hydrogen (secondary N) is 2. The number of nitrogens with zero attached hydrogens (tertiary/aromatic N) is 2. The van der Waals surface area contributed by atoms with Gasteiger partial charge in [0.05, 0.1) is 0 Å². The summed E-state index contributed by atoms with van der Waals surface area (Å²) in [7, 11) is 3.95. The van der Waals surface area contributed by atoms with Crippen LogP contribution in [-0.4, -0.2) is 51.3 Å². The van der Waals surface area contributed by atoms with Crippen LogP contribution in [0.1, 0.15) is 37.8 Å². The van der Waals surface area contributed by atoms with Crippen LogP contribution < -0.4 is 10.6 Å². The molecule has 0 amide bonds. The monoisotopic (exact) mass is 334 g/mol. The molecule has 0 atom stereocenters. The Morgan fingerprint density at radius 1 is 1.17 bits per heavy atom. The molecule has 136 valence electrons. The molecule has 0 radical (unpaired) electrons. The van der Waals surface area contributed by atoms with Crippen LogP contribution in [0, 0.1) is 0 Å². The van der Waals surface area contributed by atoms with E-state index in [0.29, 0.717) is 0 Å². The van der Waals surface area contributed by atoms with Crippen molar-refractivity contribution >= 4 is 5.96 Å². The maximum absolute atomic E-state index is 5.34. The van der Waals surface area contributed by atoms with Gasteiger partial charge < -0.3 is 20.3 Å². The maximum atomic E-state index is 5.34. The lowest BCUT2D eigenvalue weighted by Gasteiger charge is -2.15. The standard InChI is InChI=1S/C19H34N4O/c1-5-23(4)16-18-11-9-10-17(14-18)15-22-19(20-3)21-12-7-8-13-24-6-2/h9-11,14H,5-8,12-13,15-16H2,1-4H3,(H2,20,21,22). The van der Waals surface area contributed by atoms with E-state index in [1.54, 1.807) is 0 Å². The summed E-state index contributed by atoms with van der Waals surface area (Å²) in [5.41, 5.74) is 2.62. The first-order chi connectivity index (χ1) is 11.7. The second-order valence-electron chi connectivity index (χ2n) is 5.91. The highest BCUT2D eigenvalue weighted by Crippen LogP contribution is 2.07. The van der Waals surface area contributed by atoms with Crippen molar-refractivity contribution in [2.24, 2.45) is 4.99 Å². The van der Waals surface area contributed by atoms with Crippen molar-refractivity contribution in [1.29, 1.82) is 0 Å². The summed E-state index contributed by atoms with van der Waals surface area (Å²) in [5, 5.41) is 6.72. The Kier molecular flexibility index (Phi) is 10.9. The van der Waals surface area contributed by atoms with Gasteiger partial charge in [-0.3, -0.25) is 4.99 Å². The smallest absolute Gasteiger partial charge is 0.191 e. The van der Waals surface area contributed by atoms with Crippen LogP contribution in [0.4, 0.5) is 0 Å². The molecular weight excluding hydrogens is 300 g/mol. The molecule has 24 heavy (non-hydrogen) atoms. The normalized spacial score (nSPS) is 11.8. The quantitative estimate of drug-likeness (QED) is 0.371. The van der Waals surface area contributed by atoms with Gasteiger partial charge in [-0.1, -0.05) is 31.2 Å². The zero-order chi connectivity index (χ0) is 17.6. The number of benzene rings is 1. The van der Waals surface area contributed by atoms with Gasteiger partial charge in [-0.2, -0.15) is 0 Å². The number of hydrogen-bond donors (Lipinski definition) is 2. The van der Waals surface area contributed by atoms with Gasteiger partial charge in [-0.05, 0) is 44.5 Å². The Morgan fingerprint density at radius 2 is 1.96 bits per heavy atom. The van der Waals surface area contributed by atoms with Crippen molar-refractivity contribution < 1.29 is 4.74 Å². The Bertz CT molecular complexity index is 476. The number of aliphatic imine (C=N–C) groups is 1. The largest absolute Gasteiger partial charge is 0.382 e. The van der Waals surface area contributed by atoms with E-state index in [9.17, 15) is 0 Å². The number of guanidine groups is 1. The molecule has 0 fully saturated rings. The SMILES string of the molecule is CCOCCCCNC(=NC)NCc1cccc(CN(C)CC)c1. The van der Waals surface area contributed by atoms with Crippen LogP contribution in [0.3, 0.4) is 0 Å². The maximum Gasteiger partial charge on any atom is 0.191 e. The van der Waals surface area contributed by atoms with Crippen LogP contribution >= 0.6 is 0 Å². The molecule has 2 N–H and O–H groups in total. The molecular formula is C19H34N4O. The lowest BCUT2D eigenvalue weighted by atomic mass is 10.1. The average Bonchev–Trinajstić information content (AvgIpc) is 2.60. The van der Waals surface area contributed by atoms with Gasteiger partial charge in [0.2, 0.25) is 0 Å². The zero-order valence-electron chi connectivity index (χ0n) is 15.8. The fraction of sp³-hybridized carbons (Fsp3) is 0.632. The lowest BCUT2D eigenvalue weighted by molar-refractivity contribution is 0.143. The second-order valence-corrected chi connectivity index (χ2v) is 5.91. The topological polar surface area (TPSA) is 48.9 Å². The van der Waals surface area contributed by atoms with Crippen molar-refractivity contribution in [1.82, 2.24) is 15.5 Å². The summed E-state index contributed by atoms with van der Waals surface area (Å²) in [5.74, 6) is 0.850. The van der Waals surface area contributed by atoms with Crippen molar-refractivity contribution in [2.75, 3.05) is 40.4 Å². The first-order valence-corrected chi connectivity index (χ1v) is 8.98. The van der Waals surface area contributed by atoms with Crippen molar-refractivity contribution in [3.63, 3.8) is 0 Å². The first kappa shape index (κ1) is 20.5. The molecule has 0 saturated heterocycles. The lowest BCUT2D eigenvalue weighted by Crippen LogP contribution is -2.37. The summed E-state index contributed by atoms with van der Waals surface area (Å²) in [6.07, 6.45) is 2.16. The van der Waals surface area contributed by atoms with Crippen LogP contribution in [0.5, 0.6) is 0 Å². The van der Waals surface area contributed by atoms with E-state index in [-0.39, 0.29) is 0 Å². The fourth-order valence-corrected chi connectivity index (χ4v) is 2.35.